The Morgan fingerprint density at radius 1 is 1.23 bits per heavy atom. The first-order valence-electron chi connectivity index (χ1n) is 8.16. The van der Waals surface area contributed by atoms with Gasteiger partial charge < -0.3 is 14.8 Å². The molecule has 0 saturated heterocycles. The lowest BCUT2D eigenvalue weighted by Gasteiger charge is -2.18. The van der Waals surface area contributed by atoms with E-state index in [0.29, 0.717) is 24.7 Å². The number of hydrogen-bond acceptors (Lipinski definition) is 4. The van der Waals surface area contributed by atoms with Crippen molar-refractivity contribution >= 4 is 23.2 Å². The maximum Gasteiger partial charge on any atom is 0.238 e. The summed E-state index contributed by atoms with van der Waals surface area (Å²) < 4.78 is 24.6. The van der Waals surface area contributed by atoms with Gasteiger partial charge in [-0.25, -0.2) is 4.39 Å². The molecule has 0 heterocycles. The first-order valence-corrected chi connectivity index (χ1v) is 8.54. The molecule has 0 radical (unpaired) electrons. The molecule has 0 aliphatic rings. The molecule has 0 saturated carbocycles. The molecule has 0 aliphatic heterocycles. The Hall–Kier alpha value is -2.31. The second-order valence-corrected chi connectivity index (χ2v) is 6.20. The third-order valence-corrected chi connectivity index (χ3v) is 3.83. The molecule has 0 aliphatic carbocycles. The Kier molecular flexibility index (Phi) is 7.24. The van der Waals surface area contributed by atoms with Crippen LogP contribution in [0.2, 0.25) is 5.02 Å². The van der Waals surface area contributed by atoms with E-state index in [-0.39, 0.29) is 23.2 Å². The fourth-order valence-electron chi connectivity index (χ4n) is 2.48. The zero-order chi connectivity index (χ0) is 19.1. The van der Waals surface area contributed by atoms with Gasteiger partial charge in [0, 0.05) is 11.6 Å². The second-order valence-electron chi connectivity index (χ2n) is 5.76. The number of likely N-dealkylation sites (N-methyl/N-ethyl adjacent to an activating group) is 1. The number of methoxy groups -OCH3 is 1. The zero-order valence-electron chi connectivity index (χ0n) is 15.0. The van der Waals surface area contributed by atoms with E-state index < -0.39 is 5.82 Å². The maximum atomic E-state index is 13.7. The molecule has 2 rings (SSSR count). The summed E-state index contributed by atoms with van der Waals surface area (Å²) in [7, 11) is 3.39. The lowest BCUT2D eigenvalue weighted by Crippen LogP contribution is -2.30. The highest BCUT2D eigenvalue weighted by Gasteiger charge is 2.12. The Morgan fingerprint density at radius 3 is 2.65 bits per heavy atom. The molecule has 1 N–H and O–H groups in total. The highest BCUT2D eigenvalue weighted by atomic mass is 35.5. The fourth-order valence-corrected chi connectivity index (χ4v) is 2.64. The van der Waals surface area contributed by atoms with Gasteiger partial charge in [0.15, 0.2) is 11.5 Å². The molecule has 1 amide bonds. The number of hydrogen-bond donors (Lipinski definition) is 1. The van der Waals surface area contributed by atoms with Crippen molar-refractivity contribution in [1.29, 1.82) is 0 Å². The predicted octanol–water partition coefficient (Wildman–Crippen LogP) is 3.96. The van der Waals surface area contributed by atoms with Gasteiger partial charge in [-0.2, -0.15) is 0 Å². The van der Waals surface area contributed by atoms with Crippen LogP contribution in [-0.4, -0.2) is 38.1 Å². The van der Waals surface area contributed by atoms with Gasteiger partial charge >= 0.3 is 0 Å². The summed E-state index contributed by atoms with van der Waals surface area (Å²) in [5, 5.41) is 2.82. The predicted molar refractivity (Wildman–Crippen MR) is 101 cm³/mol. The number of carbonyl (C=O) groups excluding carboxylic acids is 1. The molecule has 0 atom stereocenters. The van der Waals surface area contributed by atoms with Crippen LogP contribution < -0.4 is 14.8 Å². The number of nitrogens with zero attached hydrogens (tertiary/aromatic N) is 1. The van der Waals surface area contributed by atoms with Crippen LogP contribution in [0, 0.1) is 5.82 Å². The minimum absolute atomic E-state index is 0.107. The maximum absolute atomic E-state index is 13.7. The number of halogens is 2. The molecule has 5 nitrogen and oxygen atoms in total. The van der Waals surface area contributed by atoms with E-state index in [1.807, 2.05) is 30.0 Å². The molecule has 0 fully saturated rings. The van der Waals surface area contributed by atoms with Crippen molar-refractivity contribution in [2.45, 2.75) is 13.5 Å². The molecule has 2 aromatic rings. The summed E-state index contributed by atoms with van der Waals surface area (Å²) in [5.41, 5.74) is 1.08. The van der Waals surface area contributed by atoms with Gasteiger partial charge in [0.05, 0.1) is 25.9 Å². The van der Waals surface area contributed by atoms with Gasteiger partial charge in [-0.3, -0.25) is 9.69 Å². The van der Waals surface area contributed by atoms with E-state index in [1.54, 1.807) is 14.2 Å². The van der Waals surface area contributed by atoms with E-state index in [4.69, 9.17) is 21.1 Å². The number of carbonyl (C=O) groups is 1. The van der Waals surface area contributed by atoms with Crippen LogP contribution in [0.5, 0.6) is 11.5 Å². The van der Waals surface area contributed by atoms with Crippen molar-refractivity contribution in [3.8, 4) is 11.5 Å². The lowest BCUT2D eigenvalue weighted by molar-refractivity contribution is -0.117. The van der Waals surface area contributed by atoms with E-state index in [9.17, 15) is 9.18 Å². The molecule has 0 bridgehead atoms. The van der Waals surface area contributed by atoms with Crippen LogP contribution >= 0.6 is 11.6 Å². The number of anilines is 1. The number of nitrogens with one attached hydrogen (secondary N) is 1. The third kappa shape index (κ3) is 5.61. The van der Waals surface area contributed by atoms with Crippen LogP contribution in [0.15, 0.2) is 36.4 Å². The average Bonchev–Trinajstić information content (AvgIpc) is 2.58. The second kappa shape index (κ2) is 9.40. The van der Waals surface area contributed by atoms with Crippen LogP contribution in [-0.2, 0) is 11.3 Å². The molecular weight excluding hydrogens is 359 g/mol. The summed E-state index contributed by atoms with van der Waals surface area (Å²) in [4.78, 5) is 13.9. The van der Waals surface area contributed by atoms with E-state index in [2.05, 4.69) is 5.32 Å². The van der Waals surface area contributed by atoms with Crippen molar-refractivity contribution in [1.82, 2.24) is 4.90 Å². The molecular formula is C19H22ClFN2O3. The third-order valence-electron chi connectivity index (χ3n) is 3.60. The van der Waals surface area contributed by atoms with Crippen molar-refractivity contribution in [3.05, 3.63) is 52.8 Å². The van der Waals surface area contributed by atoms with Gasteiger partial charge in [-0.15, -0.1) is 0 Å². The van der Waals surface area contributed by atoms with Crippen molar-refractivity contribution in [2.24, 2.45) is 0 Å². The van der Waals surface area contributed by atoms with Crippen LogP contribution in [0.25, 0.3) is 0 Å². The molecule has 2 aromatic carbocycles. The van der Waals surface area contributed by atoms with Gasteiger partial charge in [-0.05, 0) is 49.9 Å². The summed E-state index contributed by atoms with van der Waals surface area (Å²) in [6.07, 6.45) is 0. The Balaban J connectivity index is 1.95. The van der Waals surface area contributed by atoms with E-state index in [0.717, 1.165) is 11.6 Å². The van der Waals surface area contributed by atoms with Gasteiger partial charge in [0.1, 0.15) is 5.82 Å². The van der Waals surface area contributed by atoms with Crippen molar-refractivity contribution in [2.75, 3.05) is 32.6 Å². The largest absolute Gasteiger partial charge is 0.493 e. The van der Waals surface area contributed by atoms with Gasteiger partial charge in [-0.1, -0.05) is 17.7 Å². The normalized spacial score (nSPS) is 10.7. The summed E-state index contributed by atoms with van der Waals surface area (Å²) in [6, 6.07) is 9.75. The zero-order valence-corrected chi connectivity index (χ0v) is 15.8. The van der Waals surface area contributed by atoms with Crippen LogP contribution in [0.3, 0.4) is 0 Å². The first-order chi connectivity index (χ1) is 12.4. The monoisotopic (exact) mass is 380 g/mol. The minimum Gasteiger partial charge on any atom is -0.493 e. The SMILES string of the molecule is CCOc1ccc(CN(C)CC(=O)Nc2ccc(Cl)cc2F)cc1OC. The van der Waals surface area contributed by atoms with Crippen LogP contribution in [0.4, 0.5) is 10.1 Å². The van der Waals surface area contributed by atoms with Crippen molar-refractivity contribution < 1.29 is 18.7 Å². The molecule has 0 unspecified atom stereocenters. The van der Waals surface area contributed by atoms with Crippen LogP contribution in [0.1, 0.15) is 12.5 Å². The standard InChI is InChI=1S/C19H22ClFN2O3/c1-4-26-17-8-5-13(9-18(17)25-3)11-23(2)12-19(24)22-16-7-6-14(20)10-15(16)21/h5-10H,4,11-12H2,1-3H3,(H,22,24). The minimum atomic E-state index is -0.565. The van der Waals surface area contributed by atoms with Gasteiger partial charge in [0.2, 0.25) is 5.91 Å². The Morgan fingerprint density at radius 2 is 2.00 bits per heavy atom. The molecule has 0 aromatic heterocycles. The smallest absolute Gasteiger partial charge is 0.238 e. The first kappa shape index (κ1) is 20.0. The molecule has 140 valence electrons. The van der Waals surface area contributed by atoms with Gasteiger partial charge in [0.25, 0.3) is 0 Å². The number of benzene rings is 2. The Labute approximate surface area is 157 Å². The van der Waals surface area contributed by atoms with Crippen molar-refractivity contribution in [3.63, 3.8) is 0 Å². The summed E-state index contributed by atoms with van der Waals surface area (Å²) in [6.45, 7) is 3.09. The molecule has 26 heavy (non-hydrogen) atoms. The molecule has 0 spiro atoms. The van der Waals surface area contributed by atoms with E-state index >= 15 is 0 Å². The number of ether oxygens (including phenoxy) is 2. The summed E-state index contributed by atoms with van der Waals surface area (Å²) in [5.74, 6) is 0.444. The fraction of sp³-hybridized carbons (Fsp3) is 0.316. The average molecular weight is 381 g/mol. The summed E-state index contributed by atoms with van der Waals surface area (Å²) >= 11 is 5.70. The number of amides is 1. The Bertz CT molecular complexity index is 770. The lowest BCUT2D eigenvalue weighted by atomic mass is 10.2. The topological polar surface area (TPSA) is 50.8 Å². The molecule has 7 heteroatoms. The highest BCUT2D eigenvalue weighted by molar-refractivity contribution is 6.30. The number of rotatable bonds is 8. The van der Waals surface area contributed by atoms with E-state index in [1.165, 1.54) is 12.1 Å². The highest BCUT2D eigenvalue weighted by Crippen LogP contribution is 2.28. The quantitative estimate of drug-likeness (QED) is 0.753.